The molecule has 158 valence electrons. The number of aromatic nitrogens is 4. The van der Waals surface area contributed by atoms with E-state index >= 15 is 0 Å². The van der Waals surface area contributed by atoms with Crippen LogP contribution in [0.15, 0.2) is 85.3 Å². The maximum atomic E-state index is 4.46. The van der Waals surface area contributed by atoms with Gasteiger partial charge in [0, 0.05) is 54.0 Å². The molecule has 1 unspecified atom stereocenters. The lowest BCUT2D eigenvalue weighted by Crippen LogP contribution is -2.36. The van der Waals surface area contributed by atoms with Gasteiger partial charge in [-0.2, -0.15) is 0 Å². The highest BCUT2D eigenvalue weighted by molar-refractivity contribution is 5.85. The Morgan fingerprint density at radius 1 is 0.938 bits per heavy atom. The third-order valence-corrected chi connectivity index (χ3v) is 6.58. The van der Waals surface area contributed by atoms with E-state index < -0.39 is 0 Å². The zero-order chi connectivity index (χ0) is 21.5. The number of aryl methyl sites for hydroxylation is 1. The van der Waals surface area contributed by atoms with Crippen molar-refractivity contribution in [1.29, 1.82) is 0 Å². The van der Waals surface area contributed by atoms with E-state index in [9.17, 15) is 0 Å². The molecule has 3 aromatic heterocycles. The second-order valence-electron chi connectivity index (χ2n) is 8.46. The van der Waals surface area contributed by atoms with E-state index in [1.807, 2.05) is 12.3 Å². The van der Waals surface area contributed by atoms with Crippen LogP contribution in [0.4, 0.5) is 0 Å². The highest BCUT2D eigenvalue weighted by Gasteiger charge is 2.32. The van der Waals surface area contributed by atoms with Gasteiger partial charge in [-0.25, -0.2) is 9.97 Å². The molecule has 1 atom stereocenters. The van der Waals surface area contributed by atoms with Crippen LogP contribution in [-0.2, 0) is 13.0 Å². The Labute approximate surface area is 187 Å². The minimum absolute atomic E-state index is 0.174. The van der Waals surface area contributed by atoms with Gasteiger partial charge in [0.25, 0.3) is 0 Å². The van der Waals surface area contributed by atoms with Crippen molar-refractivity contribution in [3.63, 3.8) is 0 Å². The standard InChI is InChI=1S/C27H25N5/c1-19-8-2-3-10-21(19)26-25-23(22-11-4-5-12-24(22)30-25)13-17-31(26)18-20-9-6-16-32(20)27-28-14-7-15-29-27/h2-12,14-16,26,30H,13,17-18H2,1H3. The fourth-order valence-electron chi connectivity index (χ4n) is 5.07. The topological polar surface area (TPSA) is 49.7 Å². The Morgan fingerprint density at radius 2 is 1.75 bits per heavy atom. The third-order valence-electron chi connectivity index (χ3n) is 6.58. The van der Waals surface area contributed by atoms with Crippen LogP contribution in [-0.4, -0.2) is 31.0 Å². The van der Waals surface area contributed by atoms with Crippen molar-refractivity contribution in [1.82, 2.24) is 24.4 Å². The number of hydrogen-bond donors (Lipinski definition) is 1. The maximum Gasteiger partial charge on any atom is 0.233 e. The number of rotatable bonds is 4. The van der Waals surface area contributed by atoms with Crippen LogP contribution in [0.1, 0.15) is 34.1 Å². The Hall–Kier alpha value is -3.70. The molecule has 0 saturated heterocycles. The first-order chi connectivity index (χ1) is 15.8. The van der Waals surface area contributed by atoms with Gasteiger partial charge >= 0.3 is 0 Å². The number of H-pyrrole nitrogens is 1. The second kappa shape index (κ2) is 7.77. The quantitative estimate of drug-likeness (QED) is 0.435. The molecule has 0 aliphatic carbocycles. The van der Waals surface area contributed by atoms with Crippen molar-refractivity contribution < 1.29 is 0 Å². The summed E-state index contributed by atoms with van der Waals surface area (Å²) in [5.41, 5.74) is 7.85. The highest BCUT2D eigenvalue weighted by Crippen LogP contribution is 2.40. The molecule has 0 radical (unpaired) electrons. The van der Waals surface area contributed by atoms with E-state index in [1.165, 1.54) is 39.0 Å². The molecule has 0 fully saturated rings. The van der Waals surface area contributed by atoms with E-state index in [-0.39, 0.29) is 6.04 Å². The first-order valence-corrected chi connectivity index (χ1v) is 11.1. The fourth-order valence-corrected chi connectivity index (χ4v) is 5.07. The molecule has 5 heteroatoms. The third kappa shape index (κ3) is 3.13. The SMILES string of the molecule is Cc1ccccc1C1c2[nH]c3ccccc3c2CCN1Cc1cccn1-c1ncccn1. The van der Waals surface area contributed by atoms with Gasteiger partial charge in [0.1, 0.15) is 0 Å². The first-order valence-electron chi connectivity index (χ1n) is 11.1. The average Bonchev–Trinajstić information content (AvgIpc) is 3.45. The molecule has 5 aromatic rings. The Morgan fingerprint density at radius 3 is 2.62 bits per heavy atom. The number of nitrogens with zero attached hydrogens (tertiary/aromatic N) is 4. The highest BCUT2D eigenvalue weighted by atomic mass is 15.2. The summed E-state index contributed by atoms with van der Waals surface area (Å²) in [6.45, 7) is 4.03. The van der Waals surface area contributed by atoms with Crippen LogP contribution in [0.2, 0.25) is 0 Å². The van der Waals surface area contributed by atoms with Gasteiger partial charge in [-0.1, -0.05) is 42.5 Å². The van der Waals surface area contributed by atoms with E-state index in [4.69, 9.17) is 0 Å². The summed E-state index contributed by atoms with van der Waals surface area (Å²) in [6, 6.07) is 23.7. The molecule has 0 saturated carbocycles. The summed E-state index contributed by atoms with van der Waals surface area (Å²) in [5, 5.41) is 1.35. The summed E-state index contributed by atoms with van der Waals surface area (Å²) in [6.07, 6.45) is 6.66. The largest absolute Gasteiger partial charge is 0.357 e. The number of hydrogen-bond acceptors (Lipinski definition) is 3. The van der Waals surface area contributed by atoms with Crippen molar-refractivity contribution in [3.8, 4) is 5.95 Å². The van der Waals surface area contributed by atoms with Gasteiger partial charge in [-0.3, -0.25) is 9.47 Å². The summed E-state index contributed by atoms with van der Waals surface area (Å²) >= 11 is 0. The lowest BCUT2D eigenvalue weighted by atomic mass is 9.90. The van der Waals surface area contributed by atoms with E-state index in [1.54, 1.807) is 12.4 Å². The number of aromatic amines is 1. The van der Waals surface area contributed by atoms with E-state index in [0.717, 1.165) is 19.5 Å². The van der Waals surface area contributed by atoms with Gasteiger partial charge in [0.2, 0.25) is 5.95 Å². The van der Waals surface area contributed by atoms with Crippen LogP contribution in [0.3, 0.4) is 0 Å². The van der Waals surface area contributed by atoms with Crippen molar-refractivity contribution >= 4 is 10.9 Å². The normalized spacial score (nSPS) is 16.3. The number of nitrogens with one attached hydrogen (secondary N) is 1. The van der Waals surface area contributed by atoms with Gasteiger partial charge in [-0.05, 0) is 54.3 Å². The summed E-state index contributed by atoms with van der Waals surface area (Å²) in [4.78, 5) is 15.3. The average molecular weight is 420 g/mol. The first kappa shape index (κ1) is 19.0. The van der Waals surface area contributed by atoms with Crippen molar-refractivity contribution in [2.75, 3.05) is 6.54 Å². The van der Waals surface area contributed by atoms with Crippen LogP contribution >= 0.6 is 0 Å². The summed E-state index contributed by atoms with van der Waals surface area (Å²) < 4.78 is 2.09. The Bertz CT molecular complexity index is 1380. The molecule has 4 heterocycles. The number of fused-ring (bicyclic) bond motifs is 3. The van der Waals surface area contributed by atoms with Crippen molar-refractivity contribution in [2.45, 2.75) is 25.9 Å². The smallest absolute Gasteiger partial charge is 0.233 e. The molecule has 2 aromatic carbocycles. The van der Waals surface area contributed by atoms with Crippen LogP contribution in [0.25, 0.3) is 16.9 Å². The molecule has 1 aliphatic rings. The van der Waals surface area contributed by atoms with Gasteiger partial charge < -0.3 is 4.98 Å². The molecule has 0 bridgehead atoms. The molecule has 1 aliphatic heterocycles. The zero-order valence-electron chi connectivity index (χ0n) is 18.1. The predicted octanol–water partition coefficient (Wildman–Crippen LogP) is 5.20. The Kier molecular flexibility index (Phi) is 4.62. The molecule has 5 nitrogen and oxygen atoms in total. The van der Waals surface area contributed by atoms with Crippen molar-refractivity contribution in [3.05, 3.63) is 113 Å². The summed E-state index contributed by atoms with van der Waals surface area (Å²) in [5.74, 6) is 0.711. The van der Waals surface area contributed by atoms with Gasteiger partial charge in [0.05, 0.1) is 6.04 Å². The number of para-hydroxylation sites is 1. The minimum atomic E-state index is 0.174. The molecule has 32 heavy (non-hydrogen) atoms. The van der Waals surface area contributed by atoms with Crippen molar-refractivity contribution in [2.24, 2.45) is 0 Å². The molecule has 1 N–H and O–H groups in total. The minimum Gasteiger partial charge on any atom is -0.357 e. The summed E-state index contributed by atoms with van der Waals surface area (Å²) in [7, 11) is 0. The lowest BCUT2D eigenvalue weighted by Gasteiger charge is -2.37. The van der Waals surface area contributed by atoms with Crippen LogP contribution in [0.5, 0.6) is 0 Å². The van der Waals surface area contributed by atoms with Crippen LogP contribution < -0.4 is 0 Å². The van der Waals surface area contributed by atoms with Gasteiger partial charge in [0.15, 0.2) is 0 Å². The van der Waals surface area contributed by atoms with Crippen LogP contribution in [0, 0.1) is 6.92 Å². The monoisotopic (exact) mass is 419 g/mol. The molecule has 6 rings (SSSR count). The number of benzene rings is 2. The molecule has 0 spiro atoms. The lowest BCUT2D eigenvalue weighted by molar-refractivity contribution is 0.198. The zero-order valence-corrected chi connectivity index (χ0v) is 18.1. The van der Waals surface area contributed by atoms with Gasteiger partial charge in [-0.15, -0.1) is 0 Å². The molecular weight excluding hydrogens is 394 g/mol. The van der Waals surface area contributed by atoms with E-state index in [2.05, 4.69) is 92.0 Å². The van der Waals surface area contributed by atoms with E-state index in [0.29, 0.717) is 5.95 Å². The molecule has 0 amide bonds. The molecular formula is C27H25N5. The Balaban J connectivity index is 1.45. The maximum absolute atomic E-state index is 4.46. The second-order valence-corrected chi connectivity index (χ2v) is 8.46. The fraction of sp³-hybridized carbons (Fsp3) is 0.185. The predicted molar refractivity (Wildman–Crippen MR) is 127 cm³/mol.